The minimum Gasteiger partial charge on any atom is -0.298 e. The molecule has 7 nitrogen and oxygen atoms in total. The number of nitrogens with zero attached hydrogens (tertiary/aromatic N) is 4. The minimum atomic E-state index is -3.52. The van der Waals surface area contributed by atoms with Crippen LogP contribution in [0, 0.1) is 6.92 Å². The molecule has 1 aromatic heterocycles. The summed E-state index contributed by atoms with van der Waals surface area (Å²) in [4.78, 5) is 20.0. The van der Waals surface area contributed by atoms with E-state index in [9.17, 15) is 13.2 Å². The van der Waals surface area contributed by atoms with Crippen molar-refractivity contribution >= 4 is 32.5 Å². The lowest BCUT2D eigenvalue weighted by Gasteiger charge is -2.37. The van der Waals surface area contributed by atoms with E-state index in [-0.39, 0.29) is 11.6 Å². The second-order valence-corrected chi connectivity index (χ2v) is 10.3. The first-order valence-corrected chi connectivity index (χ1v) is 12.0. The SMILES string of the molecule is Cc1ccc(S(=O)(=O)N2CCN(C(C)c3nc4ccc(Cl)cc4c(=O)n3C)CC2)cc1. The van der Waals surface area contributed by atoms with Gasteiger partial charge in [0.25, 0.3) is 5.56 Å². The molecule has 31 heavy (non-hydrogen) atoms. The fourth-order valence-electron chi connectivity index (χ4n) is 3.99. The highest BCUT2D eigenvalue weighted by Crippen LogP contribution is 2.24. The first kappa shape index (κ1) is 22.0. The molecule has 3 aromatic rings. The van der Waals surface area contributed by atoms with E-state index in [0.29, 0.717) is 52.8 Å². The highest BCUT2D eigenvalue weighted by atomic mass is 35.5. The van der Waals surface area contributed by atoms with Crippen molar-refractivity contribution in [2.24, 2.45) is 7.05 Å². The van der Waals surface area contributed by atoms with E-state index in [2.05, 4.69) is 4.90 Å². The zero-order valence-electron chi connectivity index (χ0n) is 17.7. The lowest BCUT2D eigenvalue weighted by molar-refractivity contribution is 0.139. The summed E-state index contributed by atoms with van der Waals surface area (Å²) in [6.45, 7) is 5.81. The van der Waals surface area contributed by atoms with Crippen molar-refractivity contribution in [3.8, 4) is 0 Å². The van der Waals surface area contributed by atoms with Gasteiger partial charge in [-0.05, 0) is 44.2 Å². The maximum Gasteiger partial charge on any atom is 0.261 e. The fraction of sp³-hybridized carbons (Fsp3) is 0.364. The Morgan fingerprint density at radius 2 is 1.68 bits per heavy atom. The number of halogens is 1. The maximum atomic E-state index is 13.0. The predicted octanol–water partition coefficient (Wildman–Crippen LogP) is 2.96. The molecule has 9 heteroatoms. The van der Waals surface area contributed by atoms with Crippen LogP contribution in [0.5, 0.6) is 0 Å². The minimum absolute atomic E-state index is 0.137. The fourth-order valence-corrected chi connectivity index (χ4v) is 5.58. The Balaban J connectivity index is 1.54. The van der Waals surface area contributed by atoms with Crippen LogP contribution in [-0.2, 0) is 17.1 Å². The van der Waals surface area contributed by atoms with Crippen LogP contribution in [0.2, 0.25) is 5.02 Å². The molecule has 1 atom stereocenters. The number of rotatable bonds is 4. The standard InChI is InChI=1S/C22H25ClN4O3S/c1-15-4-7-18(8-5-15)31(29,30)27-12-10-26(11-13-27)16(2)21-24-20-9-6-17(23)14-19(20)22(28)25(21)3/h4-9,14,16H,10-13H2,1-3H3. The molecule has 1 saturated heterocycles. The summed E-state index contributed by atoms with van der Waals surface area (Å²) in [5.74, 6) is 0.648. The van der Waals surface area contributed by atoms with E-state index >= 15 is 0 Å². The van der Waals surface area contributed by atoms with Crippen LogP contribution in [-0.4, -0.2) is 53.4 Å². The summed E-state index contributed by atoms with van der Waals surface area (Å²) in [6, 6.07) is 11.9. The third-order valence-electron chi connectivity index (χ3n) is 5.93. The number of aryl methyl sites for hydroxylation is 1. The van der Waals surface area contributed by atoms with E-state index in [1.165, 1.54) is 4.31 Å². The van der Waals surface area contributed by atoms with Crippen molar-refractivity contribution < 1.29 is 8.42 Å². The molecular weight excluding hydrogens is 436 g/mol. The summed E-state index contributed by atoms with van der Waals surface area (Å²) in [5.41, 5.74) is 1.48. The second kappa shape index (κ2) is 8.35. The van der Waals surface area contributed by atoms with Gasteiger partial charge in [0, 0.05) is 38.2 Å². The molecule has 0 N–H and O–H groups in total. The first-order chi connectivity index (χ1) is 14.7. The molecule has 0 amide bonds. The van der Waals surface area contributed by atoms with Crippen LogP contribution < -0.4 is 5.56 Å². The molecule has 164 valence electrons. The van der Waals surface area contributed by atoms with Gasteiger partial charge in [-0.1, -0.05) is 29.3 Å². The Labute approximate surface area is 186 Å². The Hall–Kier alpha value is -2.26. The highest BCUT2D eigenvalue weighted by Gasteiger charge is 2.31. The third kappa shape index (κ3) is 4.13. The average Bonchev–Trinajstić information content (AvgIpc) is 2.76. The zero-order chi connectivity index (χ0) is 22.3. The lowest BCUT2D eigenvalue weighted by Crippen LogP contribution is -2.49. The molecule has 4 rings (SSSR count). The van der Waals surface area contributed by atoms with Gasteiger partial charge in [0.1, 0.15) is 5.82 Å². The summed E-state index contributed by atoms with van der Waals surface area (Å²) in [7, 11) is -1.81. The van der Waals surface area contributed by atoms with Gasteiger partial charge in [-0.15, -0.1) is 0 Å². The van der Waals surface area contributed by atoms with Crippen molar-refractivity contribution in [2.75, 3.05) is 26.2 Å². The van der Waals surface area contributed by atoms with Gasteiger partial charge in [0.05, 0.1) is 21.8 Å². The number of hydrogen-bond donors (Lipinski definition) is 0. The number of sulfonamides is 1. The van der Waals surface area contributed by atoms with E-state index in [1.807, 2.05) is 26.0 Å². The normalized spacial score (nSPS) is 17.2. The third-order valence-corrected chi connectivity index (χ3v) is 8.07. The Morgan fingerprint density at radius 3 is 2.32 bits per heavy atom. The summed E-state index contributed by atoms with van der Waals surface area (Å²) >= 11 is 6.03. The van der Waals surface area contributed by atoms with E-state index in [4.69, 9.17) is 16.6 Å². The molecule has 1 aliphatic rings. The number of aromatic nitrogens is 2. The van der Waals surface area contributed by atoms with Gasteiger partial charge in [0.15, 0.2) is 0 Å². The molecule has 1 aliphatic heterocycles. The topological polar surface area (TPSA) is 75.5 Å². The van der Waals surface area contributed by atoms with Crippen molar-refractivity contribution in [3.63, 3.8) is 0 Å². The molecule has 0 saturated carbocycles. The molecule has 0 spiro atoms. The summed E-state index contributed by atoms with van der Waals surface area (Å²) in [5, 5.41) is 0.984. The molecule has 0 bridgehead atoms. The van der Waals surface area contributed by atoms with E-state index < -0.39 is 10.0 Å². The maximum absolute atomic E-state index is 13.0. The Kier molecular flexibility index (Phi) is 5.91. The molecule has 2 aromatic carbocycles. The van der Waals surface area contributed by atoms with Crippen molar-refractivity contribution in [1.82, 2.24) is 18.8 Å². The van der Waals surface area contributed by atoms with Crippen molar-refractivity contribution in [2.45, 2.75) is 24.8 Å². The number of hydrogen-bond acceptors (Lipinski definition) is 5. The van der Waals surface area contributed by atoms with E-state index in [1.54, 1.807) is 41.9 Å². The van der Waals surface area contributed by atoms with Gasteiger partial charge >= 0.3 is 0 Å². The largest absolute Gasteiger partial charge is 0.298 e. The van der Waals surface area contributed by atoms with Crippen LogP contribution in [0.25, 0.3) is 10.9 Å². The van der Waals surface area contributed by atoms with Crippen LogP contribution in [0.1, 0.15) is 24.4 Å². The monoisotopic (exact) mass is 460 g/mol. The Bertz CT molecular complexity index is 1280. The summed E-state index contributed by atoms with van der Waals surface area (Å²) in [6.07, 6.45) is 0. The van der Waals surface area contributed by atoms with Gasteiger partial charge < -0.3 is 0 Å². The van der Waals surface area contributed by atoms with Gasteiger partial charge in [-0.3, -0.25) is 14.3 Å². The lowest BCUT2D eigenvalue weighted by atomic mass is 10.2. The van der Waals surface area contributed by atoms with Gasteiger partial charge in [-0.2, -0.15) is 4.31 Å². The van der Waals surface area contributed by atoms with Crippen LogP contribution in [0.4, 0.5) is 0 Å². The number of piperazine rings is 1. The van der Waals surface area contributed by atoms with Gasteiger partial charge in [0.2, 0.25) is 10.0 Å². The van der Waals surface area contributed by atoms with Crippen molar-refractivity contribution in [1.29, 1.82) is 0 Å². The summed E-state index contributed by atoms with van der Waals surface area (Å²) < 4.78 is 29.0. The average molecular weight is 461 g/mol. The zero-order valence-corrected chi connectivity index (χ0v) is 19.3. The molecule has 2 heterocycles. The Morgan fingerprint density at radius 1 is 1.03 bits per heavy atom. The van der Waals surface area contributed by atoms with Crippen LogP contribution >= 0.6 is 11.6 Å². The quantitative estimate of drug-likeness (QED) is 0.598. The van der Waals surface area contributed by atoms with Gasteiger partial charge in [-0.25, -0.2) is 13.4 Å². The molecule has 0 radical (unpaired) electrons. The highest BCUT2D eigenvalue weighted by molar-refractivity contribution is 7.89. The van der Waals surface area contributed by atoms with E-state index in [0.717, 1.165) is 5.56 Å². The molecule has 1 unspecified atom stereocenters. The first-order valence-electron chi connectivity index (χ1n) is 10.2. The number of fused-ring (bicyclic) bond motifs is 1. The smallest absolute Gasteiger partial charge is 0.261 e. The molecule has 1 fully saturated rings. The van der Waals surface area contributed by atoms with Crippen LogP contribution in [0.15, 0.2) is 52.2 Å². The number of benzene rings is 2. The predicted molar refractivity (Wildman–Crippen MR) is 122 cm³/mol. The van der Waals surface area contributed by atoms with Crippen molar-refractivity contribution in [3.05, 3.63) is 69.2 Å². The second-order valence-electron chi connectivity index (χ2n) is 7.92. The van der Waals surface area contributed by atoms with Crippen LogP contribution in [0.3, 0.4) is 0 Å². The molecular formula is C22H25ClN4O3S. The molecule has 0 aliphatic carbocycles.